The van der Waals surface area contributed by atoms with E-state index in [2.05, 4.69) is 0 Å². The average Bonchev–Trinajstić information content (AvgIpc) is 2.74. The molecular formula is C23H22O5S. The lowest BCUT2D eigenvalue weighted by molar-refractivity contribution is 0.0924. The summed E-state index contributed by atoms with van der Waals surface area (Å²) in [5, 5.41) is 0. The second-order valence-corrected chi connectivity index (χ2v) is 7.86. The first kappa shape index (κ1) is 22.2. The van der Waals surface area contributed by atoms with Crippen LogP contribution in [0.5, 0.6) is 0 Å². The summed E-state index contributed by atoms with van der Waals surface area (Å²) in [7, 11) is -3.90. The highest BCUT2D eigenvalue weighted by atomic mass is 32.2. The minimum atomic E-state index is -3.90. The van der Waals surface area contributed by atoms with Crippen LogP contribution >= 0.6 is 0 Å². The average molecular weight is 410 g/mol. The number of hydrogen-bond acceptors (Lipinski definition) is 5. The van der Waals surface area contributed by atoms with Gasteiger partial charge >= 0.3 is 0 Å². The molecule has 0 radical (unpaired) electrons. The van der Waals surface area contributed by atoms with E-state index in [4.69, 9.17) is 4.18 Å². The van der Waals surface area contributed by atoms with Crippen molar-refractivity contribution < 1.29 is 22.2 Å². The van der Waals surface area contributed by atoms with Gasteiger partial charge in [0.25, 0.3) is 10.1 Å². The van der Waals surface area contributed by atoms with Crippen molar-refractivity contribution in [2.24, 2.45) is 0 Å². The van der Waals surface area contributed by atoms with Gasteiger partial charge in [0.05, 0.1) is 4.90 Å². The minimum absolute atomic E-state index is 0.0453. The van der Waals surface area contributed by atoms with Gasteiger partial charge in [0.1, 0.15) is 6.61 Å². The summed E-state index contributed by atoms with van der Waals surface area (Å²) in [6.45, 7) is 2.92. The molecule has 0 aliphatic rings. The summed E-state index contributed by atoms with van der Waals surface area (Å²) >= 11 is 0. The maximum Gasteiger partial charge on any atom is 0.297 e. The van der Waals surface area contributed by atoms with Crippen molar-refractivity contribution in [2.75, 3.05) is 6.61 Å². The molecule has 0 unspecified atom stereocenters. The molecule has 0 amide bonds. The number of carbonyl (C=O) groups excluding carboxylic acids is 2. The highest BCUT2D eigenvalue weighted by Crippen LogP contribution is 2.13. The molecule has 0 atom stereocenters. The lowest BCUT2D eigenvalue weighted by Crippen LogP contribution is -2.14. The number of rotatable bonds is 6. The fourth-order valence-corrected chi connectivity index (χ4v) is 3.15. The highest BCUT2D eigenvalue weighted by molar-refractivity contribution is 7.86. The van der Waals surface area contributed by atoms with Gasteiger partial charge in [-0.1, -0.05) is 78.4 Å². The molecule has 0 fully saturated rings. The molecule has 0 N–H and O–H groups in total. The third kappa shape index (κ3) is 7.10. The molecule has 3 aromatic rings. The molecule has 3 aromatic carbocycles. The fraction of sp³-hybridized carbons (Fsp3) is 0.130. The van der Waals surface area contributed by atoms with Gasteiger partial charge < -0.3 is 0 Å². The van der Waals surface area contributed by atoms with E-state index in [-0.39, 0.29) is 16.5 Å². The Hall–Kier alpha value is -3.09. The lowest BCUT2D eigenvalue weighted by Gasteiger charge is -2.05. The molecule has 0 aliphatic heterocycles. The Labute approximate surface area is 171 Å². The number of hydrogen-bond donors (Lipinski definition) is 0. The van der Waals surface area contributed by atoms with E-state index in [1.165, 1.54) is 12.1 Å². The Balaban J connectivity index is 0.000000278. The highest BCUT2D eigenvalue weighted by Gasteiger charge is 2.17. The largest absolute Gasteiger partial charge is 0.297 e. The second kappa shape index (κ2) is 10.5. The third-order valence-electron chi connectivity index (χ3n) is 3.93. The van der Waals surface area contributed by atoms with Gasteiger partial charge in [-0.2, -0.15) is 8.42 Å². The Morgan fingerprint density at radius 2 is 1.24 bits per heavy atom. The predicted octanol–water partition coefficient (Wildman–Crippen LogP) is 4.47. The van der Waals surface area contributed by atoms with Crippen LogP contribution in [0.1, 0.15) is 33.2 Å². The van der Waals surface area contributed by atoms with Crippen LogP contribution in [0.3, 0.4) is 0 Å². The zero-order valence-corrected chi connectivity index (χ0v) is 17.1. The Morgan fingerprint density at radius 3 is 1.69 bits per heavy atom. The predicted molar refractivity (Wildman–Crippen MR) is 112 cm³/mol. The molecule has 150 valence electrons. The summed E-state index contributed by atoms with van der Waals surface area (Å²) in [6.07, 6.45) is 0. The van der Waals surface area contributed by atoms with Gasteiger partial charge in [0, 0.05) is 11.1 Å². The maximum absolute atomic E-state index is 11.9. The molecule has 6 heteroatoms. The first-order chi connectivity index (χ1) is 13.8. The van der Waals surface area contributed by atoms with Crippen LogP contribution in [-0.4, -0.2) is 26.6 Å². The van der Waals surface area contributed by atoms with Crippen LogP contribution in [0.25, 0.3) is 0 Å². The van der Waals surface area contributed by atoms with Crippen LogP contribution in [0.2, 0.25) is 0 Å². The van der Waals surface area contributed by atoms with Crippen molar-refractivity contribution in [3.8, 4) is 0 Å². The van der Waals surface area contributed by atoms with Crippen molar-refractivity contribution in [1.82, 2.24) is 0 Å². The van der Waals surface area contributed by atoms with E-state index >= 15 is 0 Å². The van der Waals surface area contributed by atoms with E-state index in [9.17, 15) is 18.0 Å². The summed E-state index contributed by atoms with van der Waals surface area (Å²) in [6, 6.07) is 23.9. The van der Waals surface area contributed by atoms with Gasteiger partial charge in [-0.15, -0.1) is 0 Å². The van der Waals surface area contributed by atoms with E-state index in [1.807, 2.05) is 37.3 Å². The van der Waals surface area contributed by atoms with Crippen molar-refractivity contribution in [1.29, 1.82) is 0 Å². The quantitative estimate of drug-likeness (QED) is 0.442. The zero-order valence-electron chi connectivity index (χ0n) is 16.2. The van der Waals surface area contributed by atoms with Crippen LogP contribution in [0.4, 0.5) is 0 Å². The zero-order chi connectivity index (χ0) is 21.3. The molecule has 29 heavy (non-hydrogen) atoms. The number of benzene rings is 3. The standard InChI is InChI=1S/C15H14O4S.C8H8O/c1-12-7-9-14(10-8-12)20(17,18)19-11-15(16)13-5-3-2-4-6-13;1-7(9)8-5-3-2-4-6-8/h2-10H,11H2,1H3;2-6H,1H3. The van der Waals surface area contributed by atoms with E-state index in [0.717, 1.165) is 11.1 Å². The van der Waals surface area contributed by atoms with Crippen molar-refractivity contribution in [2.45, 2.75) is 18.7 Å². The van der Waals surface area contributed by atoms with E-state index in [0.29, 0.717) is 5.56 Å². The smallest absolute Gasteiger partial charge is 0.295 e. The normalized spacial score (nSPS) is 10.6. The Kier molecular flexibility index (Phi) is 8.00. The van der Waals surface area contributed by atoms with Gasteiger partial charge in [-0.05, 0) is 26.0 Å². The summed E-state index contributed by atoms with van der Waals surface area (Å²) in [4.78, 5) is 22.5. The molecule has 0 spiro atoms. The van der Waals surface area contributed by atoms with Gasteiger partial charge in [-0.3, -0.25) is 13.8 Å². The molecule has 5 nitrogen and oxygen atoms in total. The van der Waals surface area contributed by atoms with Crippen molar-refractivity contribution in [3.05, 3.63) is 102 Å². The van der Waals surface area contributed by atoms with Crippen LogP contribution < -0.4 is 0 Å². The molecule has 0 aromatic heterocycles. The lowest BCUT2D eigenvalue weighted by atomic mass is 10.1. The van der Waals surface area contributed by atoms with Gasteiger partial charge in [-0.25, -0.2) is 0 Å². The SMILES string of the molecule is CC(=O)c1ccccc1.Cc1ccc(S(=O)(=O)OCC(=O)c2ccccc2)cc1. The van der Waals surface area contributed by atoms with Crippen LogP contribution in [0, 0.1) is 6.92 Å². The first-order valence-electron chi connectivity index (χ1n) is 8.90. The molecule has 0 bridgehead atoms. The second-order valence-electron chi connectivity index (χ2n) is 6.24. The molecular weight excluding hydrogens is 388 g/mol. The number of carbonyl (C=O) groups is 2. The molecule has 0 aliphatic carbocycles. The van der Waals surface area contributed by atoms with Crippen molar-refractivity contribution in [3.63, 3.8) is 0 Å². The third-order valence-corrected chi connectivity index (χ3v) is 5.21. The first-order valence-corrected chi connectivity index (χ1v) is 10.3. The van der Waals surface area contributed by atoms with Gasteiger partial charge in [0.2, 0.25) is 0 Å². The number of Topliss-reactive ketones (excluding diaryl/α,β-unsaturated/α-hetero) is 2. The summed E-state index contributed by atoms with van der Waals surface area (Å²) in [5.41, 5.74) is 2.15. The van der Waals surface area contributed by atoms with Crippen LogP contribution in [-0.2, 0) is 14.3 Å². The summed E-state index contributed by atoms with van der Waals surface area (Å²) < 4.78 is 28.6. The topological polar surface area (TPSA) is 77.5 Å². The molecule has 3 rings (SSSR count). The molecule has 0 heterocycles. The van der Waals surface area contributed by atoms with E-state index in [1.54, 1.807) is 49.4 Å². The molecule has 0 saturated carbocycles. The van der Waals surface area contributed by atoms with Gasteiger partial charge in [0.15, 0.2) is 11.6 Å². The van der Waals surface area contributed by atoms with Crippen molar-refractivity contribution >= 4 is 21.7 Å². The maximum atomic E-state index is 11.9. The number of aryl methyl sites for hydroxylation is 1. The number of ketones is 2. The minimum Gasteiger partial charge on any atom is -0.295 e. The molecule has 0 saturated heterocycles. The monoisotopic (exact) mass is 410 g/mol. The van der Waals surface area contributed by atoms with E-state index < -0.39 is 16.7 Å². The Morgan fingerprint density at radius 1 is 0.759 bits per heavy atom. The fourth-order valence-electron chi connectivity index (χ4n) is 2.28. The Bertz CT molecular complexity index is 1040. The summed E-state index contributed by atoms with van der Waals surface area (Å²) in [5.74, 6) is -0.253. The van der Waals surface area contributed by atoms with Crippen LogP contribution in [0.15, 0.2) is 89.8 Å².